The fourth-order valence-corrected chi connectivity index (χ4v) is 1.07. The van der Waals surface area contributed by atoms with Crippen molar-refractivity contribution in [1.82, 2.24) is 4.98 Å². The number of hydrogen-bond acceptors (Lipinski definition) is 3. The molecule has 3 nitrogen and oxygen atoms in total. The Morgan fingerprint density at radius 3 is 3.00 bits per heavy atom. The lowest BCUT2D eigenvalue weighted by atomic mass is 10.4. The molecule has 0 spiro atoms. The van der Waals surface area contributed by atoms with Crippen molar-refractivity contribution in [3.8, 4) is 0 Å². The van der Waals surface area contributed by atoms with E-state index < -0.39 is 0 Å². The zero-order valence-electron chi connectivity index (χ0n) is 8.70. The van der Waals surface area contributed by atoms with Gasteiger partial charge in [-0.2, -0.15) is 0 Å². The van der Waals surface area contributed by atoms with Crippen molar-refractivity contribution in [2.45, 2.75) is 19.8 Å². The molecule has 1 heterocycles. The zero-order valence-corrected chi connectivity index (χ0v) is 8.70. The number of nitrogens with one attached hydrogen (secondary N) is 1. The minimum Gasteiger partial charge on any atom is -0.380 e. The van der Waals surface area contributed by atoms with Crippen LogP contribution in [0.1, 0.15) is 19.8 Å². The molecule has 14 heavy (non-hydrogen) atoms. The number of rotatable bonds is 7. The minimum absolute atomic E-state index is 0.747. The molecule has 0 saturated carbocycles. The van der Waals surface area contributed by atoms with Crippen LogP contribution in [0.15, 0.2) is 24.4 Å². The maximum absolute atomic E-state index is 5.41. The topological polar surface area (TPSA) is 34.1 Å². The van der Waals surface area contributed by atoms with Crippen LogP contribution >= 0.6 is 0 Å². The Kier molecular flexibility index (Phi) is 5.75. The lowest BCUT2D eigenvalue weighted by molar-refractivity contribution is 0.141. The largest absolute Gasteiger partial charge is 0.380 e. The predicted octanol–water partition coefficient (Wildman–Crippen LogP) is 2.31. The lowest BCUT2D eigenvalue weighted by Gasteiger charge is -2.05. The van der Waals surface area contributed by atoms with Crippen LogP contribution in [0.5, 0.6) is 0 Å². The fraction of sp³-hybridized carbons (Fsp3) is 0.545. The molecule has 0 atom stereocenters. The van der Waals surface area contributed by atoms with Crippen LogP contribution in [0.2, 0.25) is 0 Å². The Labute approximate surface area is 85.5 Å². The maximum atomic E-state index is 5.41. The van der Waals surface area contributed by atoms with Crippen LogP contribution in [0, 0.1) is 0 Å². The molecule has 0 aliphatic rings. The minimum atomic E-state index is 0.747. The molecule has 0 saturated heterocycles. The van der Waals surface area contributed by atoms with Gasteiger partial charge < -0.3 is 10.1 Å². The summed E-state index contributed by atoms with van der Waals surface area (Å²) in [5, 5.41) is 3.19. The van der Waals surface area contributed by atoms with Gasteiger partial charge in [-0.25, -0.2) is 4.98 Å². The van der Waals surface area contributed by atoms with Gasteiger partial charge in [0.2, 0.25) is 0 Å². The molecule has 0 unspecified atom stereocenters. The van der Waals surface area contributed by atoms with E-state index in [0.29, 0.717) is 0 Å². The Balaban J connectivity index is 1.99. The predicted molar refractivity (Wildman–Crippen MR) is 58.5 cm³/mol. The Bertz CT molecular complexity index is 226. The highest BCUT2D eigenvalue weighted by Crippen LogP contribution is 1.98. The van der Waals surface area contributed by atoms with Crippen LogP contribution < -0.4 is 5.32 Å². The van der Waals surface area contributed by atoms with Crippen molar-refractivity contribution in [2.75, 3.05) is 25.1 Å². The van der Waals surface area contributed by atoms with Gasteiger partial charge in [-0.05, 0) is 18.6 Å². The van der Waals surface area contributed by atoms with Crippen LogP contribution in [-0.2, 0) is 4.74 Å². The van der Waals surface area contributed by atoms with Gasteiger partial charge in [0.05, 0.1) is 6.61 Å². The van der Waals surface area contributed by atoms with Crippen molar-refractivity contribution in [3.63, 3.8) is 0 Å². The van der Waals surface area contributed by atoms with Gasteiger partial charge in [0.1, 0.15) is 5.82 Å². The van der Waals surface area contributed by atoms with Crippen molar-refractivity contribution < 1.29 is 4.74 Å². The van der Waals surface area contributed by atoms with Gasteiger partial charge >= 0.3 is 0 Å². The van der Waals surface area contributed by atoms with Crippen molar-refractivity contribution in [2.24, 2.45) is 0 Å². The number of aromatic nitrogens is 1. The van der Waals surface area contributed by atoms with E-state index in [1.807, 2.05) is 18.2 Å². The lowest BCUT2D eigenvalue weighted by Crippen LogP contribution is -2.10. The summed E-state index contributed by atoms with van der Waals surface area (Å²) in [5.74, 6) is 0.909. The van der Waals surface area contributed by atoms with E-state index in [2.05, 4.69) is 17.2 Å². The van der Waals surface area contributed by atoms with E-state index in [0.717, 1.165) is 32.0 Å². The first-order valence-electron chi connectivity index (χ1n) is 5.16. The molecule has 1 aromatic heterocycles. The number of anilines is 1. The van der Waals surface area contributed by atoms with Gasteiger partial charge in [-0.1, -0.05) is 19.4 Å². The third kappa shape index (κ3) is 4.82. The summed E-state index contributed by atoms with van der Waals surface area (Å²) in [6, 6.07) is 5.82. The zero-order chi connectivity index (χ0) is 10.1. The van der Waals surface area contributed by atoms with E-state index in [1.54, 1.807) is 6.20 Å². The van der Waals surface area contributed by atoms with Crippen LogP contribution in [0.4, 0.5) is 5.82 Å². The number of hydrogen-bond donors (Lipinski definition) is 1. The van der Waals surface area contributed by atoms with Crippen LogP contribution in [-0.4, -0.2) is 24.7 Å². The van der Waals surface area contributed by atoms with Crippen molar-refractivity contribution in [1.29, 1.82) is 0 Å². The fourth-order valence-electron chi connectivity index (χ4n) is 1.07. The summed E-state index contributed by atoms with van der Waals surface area (Å²) in [4.78, 5) is 4.15. The maximum Gasteiger partial charge on any atom is 0.125 e. The second-order valence-electron chi connectivity index (χ2n) is 3.11. The SMILES string of the molecule is CCCCOCCNc1ccccn1. The van der Waals surface area contributed by atoms with E-state index in [9.17, 15) is 0 Å². The van der Waals surface area contributed by atoms with Gasteiger partial charge in [-0.15, -0.1) is 0 Å². The Morgan fingerprint density at radius 2 is 2.29 bits per heavy atom. The monoisotopic (exact) mass is 194 g/mol. The molecule has 1 N–H and O–H groups in total. The second-order valence-corrected chi connectivity index (χ2v) is 3.11. The highest BCUT2D eigenvalue weighted by molar-refractivity contribution is 5.32. The quantitative estimate of drug-likeness (QED) is 0.676. The van der Waals surface area contributed by atoms with Gasteiger partial charge in [0.25, 0.3) is 0 Å². The molecular formula is C11H18N2O. The molecule has 0 fully saturated rings. The first-order chi connectivity index (χ1) is 6.93. The number of ether oxygens (including phenoxy) is 1. The molecule has 1 aromatic rings. The molecule has 0 aliphatic carbocycles. The second kappa shape index (κ2) is 7.33. The molecule has 3 heteroatoms. The average Bonchev–Trinajstić information content (AvgIpc) is 2.25. The van der Waals surface area contributed by atoms with Crippen LogP contribution in [0.25, 0.3) is 0 Å². The molecule has 0 amide bonds. The van der Waals surface area contributed by atoms with E-state index >= 15 is 0 Å². The molecular weight excluding hydrogens is 176 g/mol. The van der Waals surface area contributed by atoms with E-state index in [4.69, 9.17) is 4.74 Å². The number of unbranched alkanes of at least 4 members (excludes halogenated alkanes) is 1. The summed E-state index contributed by atoms with van der Waals surface area (Å²) < 4.78 is 5.41. The standard InChI is InChI=1S/C11H18N2O/c1-2-3-9-14-10-8-13-11-6-4-5-7-12-11/h4-7H,2-3,8-10H2,1H3,(H,12,13). The number of nitrogens with zero attached hydrogens (tertiary/aromatic N) is 1. The molecule has 0 aliphatic heterocycles. The summed E-state index contributed by atoms with van der Waals surface area (Å²) >= 11 is 0. The summed E-state index contributed by atoms with van der Waals surface area (Å²) in [6.07, 6.45) is 4.11. The Hall–Kier alpha value is -1.09. The molecule has 0 aromatic carbocycles. The Morgan fingerprint density at radius 1 is 1.36 bits per heavy atom. The molecule has 1 rings (SSSR count). The summed E-state index contributed by atoms with van der Waals surface area (Å²) in [7, 11) is 0. The van der Waals surface area contributed by atoms with Gasteiger partial charge in [0.15, 0.2) is 0 Å². The summed E-state index contributed by atoms with van der Waals surface area (Å²) in [5.41, 5.74) is 0. The van der Waals surface area contributed by atoms with E-state index in [1.165, 1.54) is 6.42 Å². The molecule has 0 bridgehead atoms. The first-order valence-corrected chi connectivity index (χ1v) is 5.16. The van der Waals surface area contributed by atoms with Crippen molar-refractivity contribution >= 4 is 5.82 Å². The van der Waals surface area contributed by atoms with Gasteiger partial charge in [0, 0.05) is 19.3 Å². The first kappa shape index (κ1) is 11.0. The third-order valence-corrected chi connectivity index (χ3v) is 1.86. The number of pyridine rings is 1. The van der Waals surface area contributed by atoms with Crippen LogP contribution in [0.3, 0.4) is 0 Å². The van der Waals surface area contributed by atoms with Gasteiger partial charge in [-0.3, -0.25) is 0 Å². The molecule has 0 radical (unpaired) electrons. The summed E-state index contributed by atoms with van der Waals surface area (Å²) in [6.45, 7) is 4.59. The van der Waals surface area contributed by atoms with Crippen molar-refractivity contribution in [3.05, 3.63) is 24.4 Å². The highest BCUT2D eigenvalue weighted by atomic mass is 16.5. The van der Waals surface area contributed by atoms with E-state index in [-0.39, 0.29) is 0 Å². The third-order valence-electron chi connectivity index (χ3n) is 1.86. The normalized spacial score (nSPS) is 10.1. The molecule has 78 valence electrons. The smallest absolute Gasteiger partial charge is 0.125 e. The average molecular weight is 194 g/mol. The highest BCUT2D eigenvalue weighted by Gasteiger charge is 1.90.